The van der Waals surface area contributed by atoms with Gasteiger partial charge in [0.15, 0.2) is 0 Å². The van der Waals surface area contributed by atoms with Crippen molar-refractivity contribution in [2.45, 2.75) is 31.1 Å². The molecule has 0 radical (unpaired) electrons. The molecule has 2 aromatic carbocycles. The summed E-state index contributed by atoms with van der Waals surface area (Å²) in [6, 6.07) is 17.2. The van der Waals surface area contributed by atoms with Crippen LogP contribution in [0.25, 0.3) is 0 Å². The molecule has 4 nitrogen and oxygen atoms in total. The van der Waals surface area contributed by atoms with Crippen LogP contribution in [-0.2, 0) is 15.0 Å². The van der Waals surface area contributed by atoms with Gasteiger partial charge in [-0.2, -0.15) is 0 Å². The van der Waals surface area contributed by atoms with Gasteiger partial charge in [0.25, 0.3) is 0 Å². The molecule has 5 heteroatoms. The molecule has 0 unspecified atom stereocenters. The Bertz CT molecular complexity index is 738. The third-order valence-corrected chi connectivity index (χ3v) is 5.28. The van der Waals surface area contributed by atoms with E-state index in [1.165, 1.54) is 0 Å². The van der Waals surface area contributed by atoms with Gasteiger partial charge in [-0.15, -0.1) is 0 Å². The van der Waals surface area contributed by atoms with E-state index in [4.69, 9.17) is 0 Å². The van der Waals surface area contributed by atoms with Crippen molar-refractivity contribution >= 4 is 33.4 Å². The largest absolute Gasteiger partial charge is 0.346 e. The van der Waals surface area contributed by atoms with Gasteiger partial charge in [0.05, 0.1) is 12.0 Å². The maximum atomic E-state index is 12.9. The van der Waals surface area contributed by atoms with Crippen LogP contribution in [0, 0.1) is 0 Å². The van der Waals surface area contributed by atoms with Crippen molar-refractivity contribution in [3.63, 3.8) is 0 Å². The number of anilines is 1. The molecule has 0 bridgehead atoms. The van der Waals surface area contributed by atoms with Crippen LogP contribution in [0.5, 0.6) is 0 Å². The lowest BCUT2D eigenvalue weighted by molar-refractivity contribution is -0.128. The predicted molar refractivity (Wildman–Crippen MR) is 102 cm³/mol. The summed E-state index contributed by atoms with van der Waals surface area (Å²) in [6.45, 7) is -0.0243. The molecule has 0 spiro atoms. The second-order valence-electron chi connectivity index (χ2n) is 6.39. The Morgan fingerprint density at radius 2 is 1.60 bits per heavy atom. The fraction of sp³-hybridized carbons (Fsp3) is 0.300. The minimum atomic E-state index is -0.501. The summed E-state index contributed by atoms with van der Waals surface area (Å²) in [4.78, 5) is 25.0. The van der Waals surface area contributed by atoms with Gasteiger partial charge < -0.3 is 10.6 Å². The van der Waals surface area contributed by atoms with Gasteiger partial charge in [0, 0.05) is 10.2 Å². The average Bonchev–Trinajstić information content (AvgIpc) is 3.13. The molecular weight excluding hydrogens is 380 g/mol. The zero-order chi connectivity index (χ0) is 17.7. The third kappa shape index (κ3) is 4.10. The molecule has 0 saturated heterocycles. The maximum absolute atomic E-state index is 12.9. The van der Waals surface area contributed by atoms with Crippen LogP contribution in [0.4, 0.5) is 5.69 Å². The molecule has 2 N–H and O–H groups in total. The molecule has 2 aromatic rings. The van der Waals surface area contributed by atoms with Crippen LogP contribution >= 0.6 is 15.9 Å². The number of carbonyl (C=O) groups is 2. The second kappa shape index (κ2) is 7.83. The van der Waals surface area contributed by atoms with Crippen molar-refractivity contribution in [3.8, 4) is 0 Å². The highest BCUT2D eigenvalue weighted by molar-refractivity contribution is 9.10. The monoisotopic (exact) mass is 400 g/mol. The van der Waals surface area contributed by atoms with Crippen molar-refractivity contribution < 1.29 is 9.59 Å². The molecule has 1 aliphatic rings. The van der Waals surface area contributed by atoms with Gasteiger partial charge in [-0.1, -0.05) is 59.1 Å². The number of halogens is 1. The van der Waals surface area contributed by atoms with Crippen molar-refractivity contribution in [3.05, 3.63) is 64.6 Å². The Labute approximate surface area is 156 Å². The highest BCUT2D eigenvalue weighted by Crippen LogP contribution is 2.41. The van der Waals surface area contributed by atoms with E-state index < -0.39 is 5.41 Å². The number of carbonyl (C=O) groups excluding carboxylic acids is 2. The van der Waals surface area contributed by atoms with Crippen LogP contribution < -0.4 is 10.6 Å². The molecule has 0 aliphatic heterocycles. The standard InChI is InChI=1S/C20H21BrN2O2/c21-16-8-10-17(11-9-16)23-18(24)14-22-19(25)20(12-4-5-13-20)15-6-2-1-3-7-15/h1-3,6-11H,4-5,12-14H2,(H,22,25)(H,23,24). The highest BCUT2D eigenvalue weighted by Gasteiger charge is 2.42. The summed E-state index contributed by atoms with van der Waals surface area (Å²) >= 11 is 3.36. The minimum absolute atomic E-state index is 0.0243. The molecule has 0 aromatic heterocycles. The fourth-order valence-corrected chi connectivity index (χ4v) is 3.72. The highest BCUT2D eigenvalue weighted by atomic mass is 79.9. The Hall–Kier alpha value is -2.14. The summed E-state index contributed by atoms with van der Waals surface area (Å²) in [6.07, 6.45) is 3.73. The molecule has 130 valence electrons. The van der Waals surface area contributed by atoms with Crippen LogP contribution in [0.3, 0.4) is 0 Å². The SMILES string of the molecule is O=C(CNC(=O)C1(c2ccccc2)CCCC1)Nc1ccc(Br)cc1. The molecule has 3 rings (SSSR count). The first-order chi connectivity index (χ1) is 12.1. The van der Waals surface area contributed by atoms with Crippen LogP contribution in [-0.4, -0.2) is 18.4 Å². The molecule has 1 saturated carbocycles. The molecular formula is C20H21BrN2O2. The van der Waals surface area contributed by atoms with Gasteiger partial charge >= 0.3 is 0 Å². The number of hydrogen-bond donors (Lipinski definition) is 2. The van der Waals surface area contributed by atoms with Crippen molar-refractivity contribution in [2.24, 2.45) is 0 Å². The number of nitrogens with one attached hydrogen (secondary N) is 2. The lowest BCUT2D eigenvalue weighted by Gasteiger charge is -2.28. The molecule has 1 aliphatic carbocycles. The van der Waals surface area contributed by atoms with E-state index in [2.05, 4.69) is 26.6 Å². The zero-order valence-electron chi connectivity index (χ0n) is 13.9. The zero-order valence-corrected chi connectivity index (χ0v) is 15.5. The van der Waals surface area contributed by atoms with E-state index in [0.29, 0.717) is 5.69 Å². The second-order valence-corrected chi connectivity index (χ2v) is 7.31. The van der Waals surface area contributed by atoms with E-state index in [9.17, 15) is 9.59 Å². The lowest BCUT2D eigenvalue weighted by Crippen LogP contribution is -2.45. The van der Waals surface area contributed by atoms with Gasteiger partial charge in [-0.3, -0.25) is 9.59 Å². The number of rotatable bonds is 5. The van der Waals surface area contributed by atoms with E-state index in [-0.39, 0.29) is 18.4 Å². The molecule has 0 heterocycles. The minimum Gasteiger partial charge on any atom is -0.346 e. The topological polar surface area (TPSA) is 58.2 Å². The van der Waals surface area contributed by atoms with E-state index >= 15 is 0 Å². The number of hydrogen-bond acceptors (Lipinski definition) is 2. The van der Waals surface area contributed by atoms with Gasteiger partial charge in [-0.05, 0) is 42.7 Å². The lowest BCUT2D eigenvalue weighted by atomic mass is 9.78. The predicted octanol–water partition coefficient (Wildman–Crippen LogP) is 4.02. The van der Waals surface area contributed by atoms with E-state index in [1.54, 1.807) is 0 Å². The normalized spacial score (nSPS) is 15.6. The Balaban J connectivity index is 1.62. The quantitative estimate of drug-likeness (QED) is 0.795. The third-order valence-electron chi connectivity index (χ3n) is 4.76. The molecule has 0 atom stereocenters. The number of amides is 2. The van der Waals surface area contributed by atoms with E-state index in [0.717, 1.165) is 35.7 Å². The molecule has 25 heavy (non-hydrogen) atoms. The Morgan fingerprint density at radius 1 is 0.960 bits per heavy atom. The first-order valence-electron chi connectivity index (χ1n) is 8.49. The summed E-state index contributed by atoms with van der Waals surface area (Å²) < 4.78 is 0.949. The first kappa shape index (κ1) is 17.7. The van der Waals surface area contributed by atoms with Crippen molar-refractivity contribution in [1.82, 2.24) is 5.32 Å². The van der Waals surface area contributed by atoms with Crippen molar-refractivity contribution in [2.75, 3.05) is 11.9 Å². The number of benzene rings is 2. The van der Waals surface area contributed by atoms with E-state index in [1.807, 2.05) is 54.6 Å². The summed E-state index contributed by atoms with van der Waals surface area (Å²) in [7, 11) is 0. The molecule has 2 amide bonds. The fourth-order valence-electron chi connectivity index (χ4n) is 3.45. The van der Waals surface area contributed by atoms with Gasteiger partial charge in [0.2, 0.25) is 11.8 Å². The summed E-state index contributed by atoms with van der Waals surface area (Å²) in [5.41, 5.74) is 1.25. The Morgan fingerprint density at radius 3 is 2.24 bits per heavy atom. The van der Waals surface area contributed by atoms with Gasteiger partial charge in [-0.25, -0.2) is 0 Å². The maximum Gasteiger partial charge on any atom is 0.243 e. The van der Waals surface area contributed by atoms with Crippen LogP contribution in [0.1, 0.15) is 31.2 Å². The van der Waals surface area contributed by atoms with Crippen LogP contribution in [0.2, 0.25) is 0 Å². The summed E-state index contributed by atoms with van der Waals surface area (Å²) in [5.74, 6) is -0.279. The first-order valence-corrected chi connectivity index (χ1v) is 9.29. The summed E-state index contributed by atoms with van der Waals surface area (Å²) in [5, 5.41) is 5.63. The van der Waals surface area contributed by atoms with Crippen molar-refractivity contribution in [1.29, 1.82) is 0 Å². The van der Waals surface area contributed by atoms with Gasteiger partial charge in [0.1, 0.15) is 0 Å². The average molecular weight is 401 g/mol. The Kier molecular flexibility index (Phi) is 5.53. The molecule has 1 fully saturated rings. The van der Waals surface area contributed by atoms with Crippen LogP contribution in [0.15, 0.2) is 59.1 Å². The smallest absolute Gasteiger partial charge is 0.243 e.